The molecular weight excluding hydrogens is 140 g/mol. The van der Waals surface area contributed by atoms with Crippen LogP contribution in [0.5, 0.6) is 0 Å². The Balaban J connectivity index is 2.24. The molecule has 0 radical (unpaired) electrons. The molecule has 1 aliphatic heterocycles. The van der Waals surface area contributed by atoms with Gasteiger partial charge in [0.05, 0.1) is 6.10 Å². The summed E-state index contributed by atoms with van der Waals surface area (Å²) in [7, 11) is 0. The van der Waals surface area contributed by atoms with Gasteiger partial charge in [-0.15, -0.1) is 0 Å². The molecule has 0 aromatic heterocycles. The smallest absolute Gasteiger partial charge is 0.138 e. The van der Waals surface area contributed by atoms with Gasteiger partial charge in [0.2, 0.25) is 0 Å². The summed E-state index contributed by atoms with van der Waals surface area (Å²) >= 11 is 0. The number of rotatable bonds is 3. The maximum absolute atomic E-state index is 11.2. The number of carbonyl (C=O) groups excluding carboxylic acids is 1. The van der Waals surface area contributed by atoms with Crippen LogP contribution in [0.15, 0.2) is 0 Å². The lowest BCUT2D eigenvalue weighted by atomic mass is 10.0. The van der Waals surface area contributed by atoms with Gasteiger partial charge in [-0.05, 0) is 12.8 Å². The van der Waals surface area contributed by atoms with Gasteiger partial charge in [-0.25, -0.2) is 0 Å². The van der Waals surface area contributed by atoms with Crippen molar-refractivity contribution in [2.75, 3.05) is 6.61 Å². The molecule has 0 saturated carbocycles. The van der Waals surface area contributed by atoms with E-state index in [0.717, 1.165) is 19.4 Å². The number of ether oxygens (including phenoxy) is 1. The molecule has 2 heteroatoms. The molecule has 0 aromatic carbocycles. The van der Waals surface area contributed by atoms with E-state index in [1.54, 1.807) is 0 Å². The molecule has 1 saturated heterocycles. The van der Waals surface area contributed by atoms with E-state index >= 15 is 0 Å². The third-order valence-corrected chi connectivity index (χ3v) is 2.10. The highest BCUT2D eigenvalue weighted by Crippen LogP contribution is 2.17. The number of Topliss-reactive ketones (excluding diaryl/α,β-unsaturated/α-hetero) is 1. The molecule has 1 rings (SSSR count). The number of hydrogen-bond donors (Lipinski definition) is 0. The van der Waals surface area contributed by atoms with E-state index in [9.17, 15) is 4.79 Å². The molecule has 1 atom stereocenters. The van der Waals surface area contributed by atoms with Crippen molar-refractivity contribution in [2.45, 2.75) is 39.2 Å². The number of carbonyl (C=O) groups is 1. The van der Waals surface area contributed by atoms with Gasteiger partial charge < -0.3 is 4.74 Å². The summed E-state index contributed by atoms with van der Waals surface area (Å²) < 4.78 is 5.35. The van der Waals surface area contributed by atoms with Gasteiger partial charge in [0, 0.05) is 18.9 Å². The minimum Gasteiger partial charge on any atom is -0.378 e. The second-order valence-corrected chi connectivity index (χ2v) is 3.46. The lowest BCUT2D eigenvalue weighted by Gasteiger charge is -2.09. The molecule has 11 heavy (non-hydrogen) atoms. The van der Waals surface area contributed by atoms with Crippen LogP contribution in [0.2, 0.25) is 0 Å². The summed E-state index contributed by atoms with van der Waals surface area (Å²) in [6.45, 7) is 4.73. The van der Waals surface area contributed by atoms with Crippen molar-refractivity contribution in [3.05, 3.63) is 0 Å². The zero-order chi connectivity index (χ0) is 8.27. The van der Waals surface area contributed by atoms with Crippen molar-refractivity contribution < 1.29 is 9.53 Å². The Kier molecular flexibility index (Phi) is 3.06. The molecule has 0 spiro atoms. The minimum atomic E-state index is 0.166. The second-order valence-electron chi connectivity index (χ2n) is 3.46. The Hall–Kier alpha value is -0.370. The Morgan fingerprint density at radius 2 is 2.36 bits per heavy atom. The fraction of sp³-hybridized carbons (Fsp3) is 0.889. The largest absolute Gasteiger partial charge is 0.378 e. The van der Waals surface area contributed by atoms with Crippen LogP contribution in [-0.2, 0) is 9.53 Å². The average Bonchev–Trinajstić information content (AvgIpc) is 2.39. The van der Waals surface area contributed by atoms with Crippen LogP contribution in [0.25, 0.3) is 0 Å². The predicted molar refractivity (Wildman–Crippen MR) is 43.4 cm³/mol. The second kappa shape index (κ2) is 3.86. The summed E-state index contributed by atoms with van der Waals surface area (Å²) in [5.41, 5.74) is 0. The fourth-order valence-corrected chi connectivity index (χ4v) is 1.27. The van der Waals surface area contributed by atoms with Crippen molar-refractivity contribution in [1.29, 1.82) is 0 Å². The van der Waals surface area contributed by atoms with E-state index in [-0.39, 0.29) is 12.0 Å². The number of ketones is 1. The van der Waals surface area contributed by atoms with Crippen LogP contribution in [0.1, 0.15) is 33.1 Å². The van der Waals surface area contributed by atoms with Crippen LogP contribution in [0, 0.1) is 5.92 Å². The van der Waals surface area contributed by atoms with E-state index in [1.807, 2.05) is 13.8 Å². The van der Waals surface area contributed by atoms with Gasteiger partial charge >= 0.3 is 0 Å². The van der Waals surface area contributed by atoms with Crippen molar-refractivity contribution in [3.63, 3.8) is 0 Å². The Labute approximate surface area is 67.9 Å². The Bertz CT molecular complexity index is 134. The van der Waals surface area contributed by atoms with Crippen molar-refractivity contribution >= 4 is 5.78 Å². The Morgan fingerprint density at radius 1 is 1.64 bits per heavy atom. The molecule has 0 unspecified atom stereocenters. The lowest BCUT2D eigenvalue weighted by molar-refractivity contribution is -0.124. The minimum absolute atomic E-state index is 0.166. The highest BCUT2D eigenvalue weighted by Gasteiger charge is 2.20. The normalized spacial score (nSPS) is 24.5. The average molecular weight is 156 g/mol. The molecular formula is C9H16O2. The maximum atomic E-state index is 11.2. The van der Waals surface area contributed by atoms with Crippen LogP contribution in [0.4, 0.5) is 0 Å². The maximum Gasteiger partial charge on any atom is 0.138 e. The molecule has 0 aliphatic carbocycles. The quantitative estimate of drug-likeness (QED) is 0.622. The molecule has 1 heterocycles. The van der Waals surface area contributed by atoms with Crippen molar-refractivity contribution in [2.24, 2.45) is 5.92 Å². The van der Waals surface area contributed by atoms with Crippen LogP contribution >= 0.6 is 0 Å². The molecule has 64 valence electrons. The van der Waals surface area contributed by atoms with Gasteiger partial charge in [-0.3, -0.25) is 4.79 Å². The van der Waals surface area contributed by atoms with Crippen molar-refractivity contribution in [3.8, 4) is 0 Å². The monoisotopic (exact) mass is 156 g/mol. The molecule has 2 nitrogen and oxygen atoms in total. The Morgan fingerprint density at radius 3 is 2.82 bits per heavy atom. The third kappa shape index (κ3) is 2.62. The van der Waals surface area contributed by atoms with Gasteiger partial charge in [-0.2, -0.15) is 0 Å². The first-order valence-corrected chi connectivity index (χ1v) is 4.34. The molecule has 1 aliphatic rings. The van der Waals surface area contributed by atoms with Gasteiger partial charge in [0.1, 0.15) is 5.78 Å². The van der Waals surface area contributed by atoms with E-state index in [0.29, 0.717) is 12.2 Å². The van der Waals surface area contributed by atoms with E-state index in [1.165, 1.54) is 0 Å². The summed E-state index contributed by atoms with van der Waals surface area (Å²) in [4.78, 5) is 11.2. The number of hydrogen-bond acceptors (Lipinski definition) is 2. The molecule has 0 N–H and O–H groups in total. The topological polar surface area (TPSA) is 26.3 Å². The standard InChI is InChI=1S/C9H16O2/c1-7(2)9(10)6-8-4-3-5-11-8/h7-8H,3-6H2,1-2H3/t8-/m0/s1. The highest BCUT2D eigenvalue weighted by atomic mass is 16.5. The first-order valence-electron chi connectivity index (χ1n) is 4.34. The first kappa shape index (κ1) is 8.72. The van der Waals surface area contributed by atoms with E-state index in [2.05, 4.69) is 0 Å². The van der Waals surface area contributed by atoms with Crippen LogP contribution in [-0.4, -0.2) is 18.5 Å². The fourth-order valence-electron chi connectivity index (χ4n) is 1.27. The lowest BCUT2D eigenvalue weighted by Crippen LogP contribution is -2.16. The summed E-state index contributed by atoms with van der Waals surface area (Å²) in [5.74, 6) is 0.496. The summed E-state index contributed by atoms with van der Waals surface area (Å²) in [6.07, 6.45) is 3.04. The van der Waals surface area contributed by atoms with E-state index < -0.39 is 0 Å². The zero-order valence-corrected chi connectivity index (χ0v) is 7.30. The molecule has 1 fully saturated rings. The molecule has 0 aromatic rings. The first-order chi connectivity index (χ1) is 5.20. The van der Waals surface area contributed by atoms with Gasteiger partial charge in [-0.1, -0.05) is 13.8 Å². The predicted octanol–water partition coefficient (Wildman–Crippen LogP) is 1.78. The SMILES string of the molecule is CC(C)C(=O)C[C@@H]1CCCO1. The summed E-state index contributed by atoms with van der Waals surface area (Å²) in [5, 5.41) is 0. The molecule has 0 bridgehead atoms. The van der Waals surface area contributed by atoms with Gasteiger partial charge in [0.15, 0.2) is 0 Å². The summed E-state index contributed by atoms with van der Waals surface area (Å²) in [6, 6.07) is 0. The third-order valence-electron chi connectivity index (χ3n) is 2.10. The van der Waals surface area contributed by atoms with Gasteiger partial charge in [0.25, 0.3) is 0 Å². The highest BCUT2D eigenvalue weighted by molar-refractivity contribution is 5.80. The van der Waals surface area contributed by atoms with Crippen LogP contribution in [0.3, 0.4) is 0 Å². The van der Waals surface area contributed by atoms with Crippen LogP contribution < -0.4 is 0 Å². The zero-order valence-electron chi connectivity index (χ0n) is 7.30. The molecule has 0 amide bonds. The van der Waals surface area contributed by atoms with E-state index in [4.69, 9.17) is 4.74 Å². The van der Waals surface area contributed by atoms with Crippen molar-refractivity contribution in [1.82, 2.24) is 0 Å².